The number of amides is 1. The van der Waals surface area contributed by atoms with E-state index in [1.807, 2.05) is 22.7 Å². The lowest BCUT2D eigenvalue weighted by atomic mass is 9.98. The van der Waals surface area contributed by atoms with Crippen LogP contribution in [-0.4, -0.2) is 83.2 Å². The number of rotatable bonds is 7. The van der Waals surface area contributed by atoms with Crippen molar-refractivity contribution in [1.29, 1.82) is 0 Å². The first-order chi connectivity index (χ1) is 13.9. The molecule has 0 N–H and O–H groups in total. The summed E-state index contributed by atoms with van der Waals surface area (Å²) in [6.45, 7) is 9.83. The van der Waals surface area contributed by atoms with Crippen LogP contribution in [-0.2, 0) is 27.9 Å². The van der Waals surface area contributed by atoms with Crippen LogP contribution in [0.2, 0.25) is 0 Å². The highest BCUT2D eigenvalue weighted by atomic mass is 32.2. The van der Waals surface area contributed by atoms with Crippen LogP contribution in [0.3, 0.4) is 0 Å². The largest absolute Gasteiger partial charge is 0.341 e. The van der Waals surface area contributed by atoms with E-state index in [0.29, 0.717) is 26.1 Å². The van der Waals surface area contributed by atoms with Gasteiger partial charge in [-0.2, -0.15) is 5.10 Å². The molecule has 3 rings (SSSR count). The zero-order chi connectivity index (χ0) is 20.9. The smallest absolute Gasteiger partial charge is 0.227 e. The summed E-state index contributed by atoms with van der Waals surface area (Å²) in [5.74, 6) is 0.0908. The van der Waals surface area contributed by atoms with E-state index in [2.05, 4.69) is 23.1 Å². The first-order valence-electron chi connectivity index (χ1n) is 10.9. The number of hydrogen-bond donors (Lipinski definition) is 0. The van der Waals surface area contributed by atoms with Gasteiger partial charge in [0.15, 0.2) is 0 Å². The van der Waals surface area contributed by atoms with E-state index >= 15 is 0 Å². The van der Waals surface area contributed by atoms with Gasteiger partial charge in [-0.05, 0) is 32.6 Å². The van der Waals surface area contributed by atoms with Crippen LogP contribution in [0, 0.1) is 5.92 Å². The average Bonchev–Trinajstić information content (AvgIpc) is 3.04. The van der Waals surface area contributed by atoms with E-state index in [9.17, 15) is 13.2 Å². The third kappa shape index (κ3) is 5.79. The lowest BCUT2D eigenvalue weighted by molar-refractivity contribution is -0.136. The zero-order valence-electron chi connectivity index (χ0n) is 17.8. The molecule has 1 atom stereocenters. The van der Waals surface area contributed by atoms with Gasteiger partial charge in [-0.3, -0.25) is 14.4 Å². The lowest BCUT2D eigenvalue weighted by Crippen LogP contribution is -2.48. The van der Waals surface area contributed by atoms with Crippen LogP contribution >= 0.6 is 0 Å². The molecule has 0 saturated carbocycles. The Morgan fingerprint density at radius 1 is 1.14 bits per heavy atom. The van der Waals surface area contributed by atoms with Crippen molar-refractivity contribution in [1.82, 2.24) is 23.9 Å². The van der Waals surface area contributed by atoms with Gasteiger partial charge in [0.2, 0.25) is 15.9 Å². The maximum Gasteiger partial charge on any atom is 0.227 e. The van der Waals surface area contributed by atoms with E-state index in [1.165, 1.54) is 9.87 Å². The second kappa shape index (κ2) is 10.0. The van der Waals surface area contributed by atoms with Gasteiger partial charge >= 0.3 is 0 Å². The minimum Gasteiger partial charge on any atom is -0.341 e. The predicted molar refractivity (Wildman–Crippen MR) is 113 cm³/mol. The van der Waals surface area contributed by atoms with Crippen LogP contribution in [0.5, 0.6) is 0 Å². The number of nitrogens with zero attached hydrogens (tertiary/aromatic N) is 5. The van der Waals surface area contributed by atoms with Gasteiger partial charge in [-0.15, -0.1) is 0 Å². The SMILES string of the molecule is CCCS(=O)(=O)N1CCCC(C(=O)N2CCCN(Cc3cnn(CC)c3)CC2)C1. The Hall–Kier alpha value is -1.45. The third-order valence-corrected chi connectivity index (χ3v) is 7.95. The topological polar surface area (TPSA) is 78.8 Å². The summed E-state index contributed by atoms with van der Waals surface area (Å²) >= 11 is 0. The molecule has 0 aromatic carbocycles. The third-order valence-electron chi connectivity index (χ3n) is 5.91. The monoisotopic (exact) mass is 425 g/mol. The molecule has 8 nitrogen and oxygen atoms in total. The predicted octanol–water partition coefficient (Wildman–Crippen LogP) is 1.39. The van der Waals surface area contributed by atoms with Crippen molar-refractivity contribution in [2.75, 3.05) is 45.0 Å². The van der Waals surface area contributed by atoms with Crippen molar-refractivity contribution in [3.05, 3.63) is 18.0 Å². The molecule has 3 heterocycles. The van der Waals surface area contributed by atoms with Gasteiger partial charge in [0.05, 0.1) is 17.9 Å². The first kappa shape index (κ1) is 22.2. The summed E-state index contributed by atoms with van der Waals surface area (Å²) < 4.78 is 28.3. The molecule has 2 aliphatic rings. The fourth-order valence-electron chi connectivity index (χ4n) is 4.31. The molecule has 2 fully saturated rings. The number of hydrogen-bond acceptors (Lipinski definition) is 5. The molecular formula is C20H35N5O3S. The van der Waals surface area contributed by atoms with E-state index in [0.717, 1.165) is 52.0 Å². The van der Waals surface area contributed by atoms with Gasteiger partial charge in [-0.25, -0.2) is 12.7 Å². The van der Waals surface area contributed by atoms with E-state index < -0.39 is 10.0 Å². The summed E-state index contributed by atoms with van der Waals surface area (Å²) in [5, 5.41) is 4.34. The van der Waals surface area contributed by atoms with Crippen LogP contribution in [0.15, 0.2) is 12.4 Å². The Morgan fingerprint density at radius 2 is 1.97 bits per heavy atom. The van der Waals surface area contributed by atoms with E-state index in [1.54, 1.807) is 0 Å². The molecule has 0 radical (unpaired) electrons. The number of sulfonamides is 1. The molecule has 9 heteroatoms. The Labute approximate surface area is 174 Å². The molecule has 2 aliphatic heterocycles. The van der Waals surface area contributed by atoms with Crippen molar-refractivity contribution in [2.24, 2.45) is 5.92 Å². The second-order valence-corrected chi connectivity index (χ2v) is 10.3. The fourth-order valence-corrected chi connectivity index (χ4v) is 5.90. The Bertz CT molecular complexity index is 779. The van der Waals surface area contributed by atoms with Gasteiger partial charge in [0.1, 0.15) is 0 Å². The number of carbonyl (C=O) groups is 1. The van der Waals surface area contributed by atoms with Crippen LogP contribution in [0.4, 0.5) is 0 Å². The molecule has 1 aromatic rings. The zero-order valence-corrected chi connectivity index (χ0v) is 18.6. The van der Waals surface area contributed by atoms with Crippen molar-refractivity contribution in [3.63, 3.8) is 0 Å². The molecular weight excluding hydrogens is 390 g/mol. The van der Waals surface area contributed by atoms with Gasteiger partial charge < -0.3 is 4.90 Å². The second-order valence-electron chi connectivity index (χ2n) is 8.17. The number of aryl methyl sites for hydroxylation is 1. The van der Waals surface area contributed by atoms with Gasteiger partial charge in [0.25, 0.3) is 0 Å². The highest BCUT2D eigenvalue weighted by molar-refractivity contribution is 7.89. The molecule has 1 unspecified atom stereocenters. The molecule has 0 bridgehead atoms. The number of carbonyl (C=O) groups excluding carboxylic acids is 1. The maximum absolute atomic E-state index is 13.1. The Balaban J connectivity index is 1.54. The van der Waals surface area contributed by atoms with E-state index in [-0.39, 0.29) is 17.6 Å². The summed E-state index contributed by atoms with van der Waals surface area (Å²) in [4.78, 5) is 17.4. The standard InChI is InChI=1S/C20H35N5O3S/c1-3-13-29(27,28)25-10-5-7-19(17-25)20(26)23-9-6-8-22(11-12-23)15-18-14-21-24(4-2)16-18/h14,16,19H,3-13,15,17H2,1-2H3. The van der Waals surface area contributed by atoms with Gasteiger partial charge in [0, 0.05) is 64.1 Å². The summed E-state index contributed by atoms with van der Waals surface area (Å²) in [6, 6.07) is 0. The minimum absolute atomic E-state index is 0.127. The average molecular weight is 426 g/mol. The lowest BCUT2D eigenvalue weighted by Gasteiger charge is -2.34. The first-order valence-corrected chi connectivity index (χ1v) is 12.5. The van der Waals surface area contributed by atoms with Gasteiger partial charge in [-0.1, -0.05) is 6.92 Å². The normalized spacial score (nSPS) is 22.6. The highest BCUT2D eigenvalue weighted by Gasteiger charge is 2.34. The molecule has 2 saturated heterocycles. The minimum atomic E-state index is -3.23. The highest BCUT2D eigenvalue weighted by Crippen LogP contribution is 2.22. The number of aromatic nitrogens is 2. The molecule has 1 amide bonds. The van der Waals surface area contributed by atoms with Crippen molar-refractivity contribution in [2.45, 2.75) is 52.6 Å². The fraction of sp³-hybridized carbons (Fsp3) is 0.800. The van der Waals surface area contributed by atoms with Crippen molar-refractivity contribution >= 4 is 15.9 Å². The number of piperidine rings is 1. The molecule has 0 spiro atoms. The Kier molecular flexibility index (Phi) is 7.70. The maximum atomic E-state index is 13.1. The summed E-state index contributed by atoms with van der Waals surface area (Å²) in [7, 11) is -3.23. The molecule has 1 aromatic heterocycles. The van der Waals surface area contributed by atoms with Crippen LogP contribution < -0.4 is 0 Å². The Morgan fingerprint density at radius 3 is 2.69 bits per heavy atom. The summed E-state index contributed by atoms with van der Waals surface area (Å²) in [6.07, 6.45) is 7.11. The van der Waals surface area contributed by atoms with Crippen molar-refractivity contribution < 1.29 is 13.2 Å². The van der Waals surface area contributed by atoms with Crippen LogP contribution in [0.25, 0.3) is 0 Å². The quantitative estimate of drug-likeness (QED) is 0.660. The van der Waals surface area contributed by atoms with Crippen LogP contribution in [0.1, 0.15) is 45.1 Å². The summed E-state index contributed by atoms with van der Waals surface area (Å²) in [5.41, 5.74) is 1.20. The molecule has 29 heavy (non-hydrogen) atoms. The molecule has 0 aliphatic carbocycles. The molecule has 164 valence electrons. The van der Waals surface area contributed by atoms with Crippen molar-refractivity contribution in [3.8, 4) is 0 Å². The van der Waals surface area contributed by atoms with E-state index in [4.69, 9.17) is 0 Å².